The lowest BCUT2D eigenvalue weighted by Gasteiger charge is -2.30. The number of hydrogen-bond acceptors (Lipinski definition) is 3. The molecule has 0 amide bonds. The van der Waals surface area contributed by atoms with Gasteiger partial charge in [0.25, 0.3) is 0 Å². The van der Waals surface area contributed by atoms with E-state index in [4.69, 9.17) is 0 Å². The molecule has 23 heavy (non-hydrogen) atoms. The Bertz CT molecular complexity index is 458. The maximum Gasteiger partial charge on any atom is 0.136 e. The third-order valence-electron chi connectivity index (χ3n) is 5.15. The Balaban J connectivity index is 3.01. The quantitative estimate of drug-likeness (QED) is 0.761. The van der Waals surface area contributed by atoms with Crippen LogP contribution in [0.15, 0.2) is 23.3 Å². The predicted molar refractivity (Wildman–Crippen MR) is 95.2 cm³/mol. The number of allylic oxidation sites excluding steroid dienone is 4. The number of carbonyl (C=O) groups excluding carboxylic acids is 1. The van der Waals surface area contributed by atoms with Crippen LogP contribution in [0.3, 0.4) is 0 Å². The van der Waals surface area contributed by atoms with Crippen LogP contribution in [0.2, 0.25) is 0 Å². The Morgan fingerprint density at radius 3 is 2.43 bits per heavy atom. The standard InChI is InChI=1S/C20H34O3/c1-14(2)17-9-6-15(3)7-10-18(21)16(4)8-11-19(22)20(5,23)13-12-17/h6,9,14,16,19,22-23H,7-8,10-13H2,1-5H3/b15-6+,17-9+. The summed E-state index contributed by atoms with van der Waals surface area (Å²) in [6.07, 6.45) is 7.21. The van der Waals surface area contributed by atoms with Crippen LogP contribution in [0.1, 0.15) is 73.1 Å². The fraction of sp³-hybridized carbons (Fsp3) is 0.750. The summed E-state index contributed by atoms with van der Waals surface area (Å²) in [7, 11) is 0. The molecule has 0 saturated heterocycles. The molecule has 3 unspecified atom stereocenters. The minimum Gasteiger partial charge on any atom is -0.390 e. The zero-order valence-corrected chi connectivity index (χ0v) is 15.4. The zero-order chi connectivity index (χ0) is 17.6. The first-order valence-corrected chi connectivity index (χ1v) is 8.93. The second kappa shape index (κ2) is 8.79. The molecule has 0 saturated carbocycles. The van der Waals surface area contributed by atoms with E-state index in [1.54, 1.807) is 6.92 Å². The van der Waals surface area contributed by atoms with Gasteiger partial charge in [-0.2, -0.15) is 0 Å². The van der Waals surface area contributed by atoms with Crippen molar-refractivity contribution < 1.29 is 15.0 Å². The molecule has 1 rings (SSSR count). The molecule has 0 spiro atoms. The first-order valence-electron chi connectivity index (χ1n) is 8.93. The summed E-state index contributed by atoms with van der Waals surface area (Å²) >= 11 is 0. The van der Waals surface area contributed by atoms with E-state index in [9.17, 15) is 15.0 Å². The highest BCUT2D eigenvalue weighted by molar-refractivity contribution is 5.80. The number of aliphatic hydroxyl groups excluding tert-OH is 1. The van der Waals surface area contributed by atoms with Gasteiger partial charge >= 0.3 is 0 Å². The van der Waals surface area contributed by atoms with Crippen molar-refractivity contribution in [2.45, 2.75) is 84.8 Å². The predicted octanol–water partition coefficient (Wildman–Crippen LogP) is 4.19. The molecule has 0 heterocycles. The molecule has 2 N–H and O–H groups in total. The van der Waals surface area contributed by atoms with Gasteiger partial charge in [0, 0.05) is 12.3 Å². The van der Waals surface area contributed by atoms with Crippen molar-refractivity contribution in [3.05, 3.63) is 23.3 Å². The van der Waals surface area contributed by atoms with E-state index in [0.717, 1.165) is 12.8 Å². The maximum atomic E-state index is 12.2. The van der Waals surface area contributed by atoms with Crippen molar-refractivity contribution in [2.24, 2.45) is 11.8 Å². The summed E-state index contributed by atoms with van der Waals surface area (Å²) in [5.74, 6) is 0.592. The average molecular weight is 322 g/mol. The van der Waals surface area contributed by atoms with Gasteiger partial charge in [-0.3, -0.25) is 4.79 Å². The summed E-state index contributed by atoms with van der Waals surface area (Å²) in [6.45, 7) is 9.99. The van der Waals surface area contributed by atoms with Gasteiger partial charge < -0.3 is 10.2 Å². The number of Topliss-reactive ketones (excluding diaryl/α,β-unsaturated/α-hetero) is 1. The molecular formula is C20H34O3. The Labute approximate surface area is 141 Å². The van der Waals surface area contributed by atoms with E-state index < -0.39 is 11.7 Å². The Kier molecular flexibility index (Phi) is 7.69. The second-order valence-electron chi connectivity index (χ2n) is 7.73. The Morgan fingerprint density at radius 2 is 1.83 bits per heavy atom. The molecule has 0 aromatic rings. The monoisotopic (exact) mass is 322 g/mol. The summed E-state index contributed by atoms with van der Waals surface area (Å²) in [6, 6.07) is 0. The van der Waals surface area contributed by atoms with Crippen LogP contribution in [0.5, 0.6) is 0 Å². The minimum absolute atomic E-state index is 0.0574. The summed E-state index contributed by atoms with van der Waals surface area (Å²) in [5.41, 5.74) is 1.38. The highest BCUT2D eigenvalue weighted by atomic mass is 16.3. The molecule has 132 valence electrons. The molecule has 0 radical (unpaired) electrons. The van der Waals surface area contributed by atoms with Crippen LogP contribution in [-0.2, 0) is 4.79 Å². The van der Waals surface area contributed by atoms with Crippen molar-refractivity contribution in [3.63, 3.8) is 0 Å². The van der Waals surface area contributed by atoms with E-state index in [-0.39, 0.29) is 11.7 Å². The van der Waals surface area contributed by atoms with Crippen molar-refractivity contribution in [3.8, 4) is 0 Å². The molecule has 0 aromatic heterocycles. The SMILES string of the molecule is C/C1=C\C=C(\C(C)C)CCC(C)(O)C(O)CCC(C)C(=O)CC1. The van der Waals surface area contributed by atoms with Gasteiger partial charge in [-0.15, -0.1) is 0 Å². The summed E-state index contributed by atoms with van der Waals surface area (Å²) < 4.78 is 0. The first kappa shape index (κ1) is 20.1. The van der Waals surface area contributed by atoms with E-state index in [1.807, 2.05) is 6.92 Å². The topological polar surface area (TPSA) is 57.5 Å². The van der Waals surface area contributed by atoms with Crippen molar-refractivity contribution in [2.75, 3.05) is 0 Å². The number of rotatable bonds is 1. The van der Waals surface area contributed by atoms with Crippen LogP contribution >= 0.6 is 0 Å². The smallest absolute Gasteiger partial charge is 0.136 e. The number of hydrogen-bond donors (Lipinski definition) is 2. The minimum atomic E-state index is -1.11. The normalized spacial score (nSPS) is 36.8. The van der Waals surface area contributed by atoms with Crippen LogP contribution in [0, 0.1) is 11.8 Å². The third-order valence-corrected chi connectivity index (χ3v) is 5.15. The van der Waals surface area contributed by atoms with E-state index in [1.165, 1.54) is 11.1 Å². The van der Waals surface area contributed by atoms with Crippen LogP contribution in [0.25, 0.3) is 0 Å². The molecule has 1 aliphatic carbocycles. The number of ketones is 1. The van der Waals surface area contributed by atoms with Gasteiger partial charge in [0.15, 0.2) is 0 Å². The molecule has 0 bridgehead atoms. The van der Waals surface area contributed by atoms with Crippen LogP contribution in [-0.4, -0.2) is 27.7 Å². The molecule has 1 aliphatic rings. The zero-order valence-electron chi connectivity index (χ0n) is 15.4. The van der Waals surface area contributed by atoms with Crippen LogP contribution in [0.4, 0.5) is 0 Å². The lowest BCUT2D eigenvalue weighted by Crippen LogP contribution is -2.39. The summed E-state index contributed by atoms with van der Waals surface area (Å²) in [4.78, 5) is 12.2. The first-order chi connectivity index (χ1) is 10.6. The van der Waals surface area contributed by atoms with Crippen molar-refractivity contribution in [1.29, 1.82) is 0 Å². The van der Waals surface area contributed by atoms with Crippen LogP contribution < -0.4 is 0 Å². The van der Waals surface area contributed by atoms with Gasteiger partial charge in [0.2, 0.25) is 0 Å². The second-order valence-corrected chi connectivity index (χ2v) is 7.73. The largest absolute Gasteiger partial charge is 0.390 e. The average Bonchev–Trinajstić information content (AvgIpc) is 2.48. The van der Waals surface area contributed by atoms with Crippen molar-refractivity contribution >= 4 is 5.78 Å². The maximum absolute atomic E-state index is 12.2. The van der Waals surface area contributed by atoms with Gasteiger partial charge in [0.05, 0.1) is 11.7 Å². The van der Waals surface area contributed by atoms with Crippen molar-refractivity contribution in [1.82, 2.24) is 0 Å². The Hall–Kier alpha value is -0.930. The number of aliphatic hydroxyl groups is 2. The lowest BCUT2D eigenvalue weighted by atomic mass is 9.84. The summed E-state index contributed by atoms with van der Waals surface area (Å²) in [5, 5.41) is 20.9. The lowest BCUT2D eigenvalue weighted by molar-refractivity contribution is -0.123. The van der Waals surface area contributed by atoms with Gasteiger partial charge in [-0.05, 0) is 51.9 Å². The van der Waals surface area contributed by atoms with Gasteiger partial charge in [0.1, 0.15) is 5.78 Å². The molecule has 0 aromatic carbocycles. The van der Waals surface area contributed by atoms with Gasteiger partial charge in [-0.1, -0.05) is 44.1 Å². The molecule has 3 heteroatoms. The van der Waals surface area contributed by atoms with E-state index in [0.29, 0.717) is 31.6 Å². The third kappa shape index (κ3) is 6.60. The molecule has 0 fully saturated rings. The highest BCUT2D eigenvalue weighted by Crippen LogP contribution is 2.27. The molecule has 0 aliphatic heterocycles. The highest BCUT2D eigenvalue weighted by Gasteiger charge is 2.31. The van der Waals surface area contributed by atoms with E-state index in [2.05, 4.69) is 32.9 Å². The molecular weight excluding hydrogens is 288 g/mol. The van der Waals surface area contributed by atoms with Gasteiger partial charge in [-0.25, -0.2) is 0 Å². The van der Waals surface area contributed by atoms with E-state index >= 15 is 0 Å². The molecule has 3 nitrogen and oxygen atoms in total. The number of carbonyl (C=O) groups is 1. The Morgan fingerprint density at radius 1 is 1.17 bits per heavy atom. The fourth-order valence-electron chi connectivity index (χ4n) is 2.91. The fourth-order valence-corrected chi connectivity index (χ4v) is 2.91. The molecule has 3 atom stereocenters.